The monoisotopic (exact) mass is 408 g/mol. The van der Waals surface area contributed by atoms with E-state index in [1.807, 2.05) is 24.3 Å². The SMILES string of the molecule is CCCCOc1ccc(S(=O)(=O)N2CCN(c3cccc(Cl)c3)CC2)cc1. The lowest BCUT2D eigenvalue weighted by Gasteiger charge is -2.35. The number of unbranched alkanes of at least 4 members (excludes halogenated alkanes) is 1. The second-order valence-corrected chi connectivity index (χ2v) is 8.92. The van der Waals surface area contributed by atoms with Crippen LogP contribution in [0.1, 0.15) is 19.8 Å². The van der Waals surface area contributed by atoms with Crippen molar-refractivity contribution in [3.8, 4) is 5.75 Å². The second-order valence-electron chi connectivity index (χ2n) is 6.54. The number of halogens is 1. The van der Waals surface area contributed by atoms with E-state index in [-0.39, 0.29) is 0 Å². The van der Waals surface area contributed by atoms with Gasteiger partial charge in [-0.3, -0.25) is 0 Å². The van der Waals surface area contributed by atoms with Crippen LogP contribution < -0.4 is 9.64 Å². The fourth-order valence-corrected chi connectivity index (χ4v) is 4.66. The zero-order valence-electron chi connectivity index (χ0n) is 15.5. The number of hydrogen-bond donors (Lipinski definition) is 0. The highest BCUT2D eigenvalue weighted by molar-refractivity contribution is 7.89. The zero-order chi connectivity index (χ0) is 19.3. The summed E-state index contributed by atoms with van der Waals surface area (Å²) in [5.74, 6) is 0.702. The van der Waals surface area contributed by atoms with Crippen molar-refractivity contribution in [2.75, 3.05) is 37.7 Å². The molecule has 146 valence electrons. The summed E-state index contributed by atoms with van der Waals surface area (Å²) in [5.41, 5.74) is 1.02. The zero-order valence-corrected chi connectivity index (χ0v) is 17.0. The van der Waals surface area contributed by atoms with Crippen molar-refractivity contribution >= 4 is 27.3 Å². The molecule has 0 atom stereocenters. The van der Waals surface area contributed by atoms with Crippen molar-refractivity contribution in [2.24, 2.45) is 0 Å². The van der Waals surface area contributed by atoms with Crippen molar-refractivity contribution in [1.82, 2.24) is 4.31 Å². The van der Waals surface area contributed by atoms with E-state index in [1.54, 1.807) is 28.6 Å². The van der Waals surface area contributed by atoms with Crippen LogP contribution in [0.2, 0.25) is 5.02 Å². The van der Waals surface area contributed by atoms with Gasteiger partial charge in [0.2, 0.25) is 10.0 Å². The van der Waals surface area contributed by atoms with Gasteiger partial charge in [0.1, 0.15) is 5.75 Å². The molecule has 2 aromatic carbocycles. The molecule has 27 heavy (non-hydrogen) atoms. The summed E-state index contributed by atoms with van der Waals surface area (Å²) >= 11 is 6.05. The van der Waals surface area contributed by atoms with E-state index in [1.165, 1.54) is 0 Å². The summed E-state index contributed by atoms with van der Waals surface area (Å²) in [6.45, 7) is 4.92. The van der Waals surface area contributed by atoms with Crippen molar-refractivity contribution in [3.05, 3.63) is 53.6 Å². The number of sulfonamides is 1. The van der Waals surface area contributed by atoms with Gasteiger partial charge in [-0.25, -0.2) is 8.42 Å². The van der Waals surface area contributed by atoms with Gasteiger partial charge in [0.05, 0.1) is 11.5 Å². The predicted molar refractivity (Wildman–Crippen MR) is 109 cm³/mol. The highest BCUT2D eigenvalue weighted by Gasteiger charge is 2.28. The van der Waals surface area contributed by atoms with Crippen molar-refractivity contribution in [2.45, 2.75) is 24.7 Å². The molecule has 0 saturated carbocycles. The summed E-state index contributed by atoms with van der Waals surface area (Å²) in [7, 11) is -3.49. The number of hydrogen-bond acceptors (Lipinski definition) is 4. The first-order chi connectivity index (χ1) is 13.0. The first-order valence-corrected chi connectivity index (χ1v) is 11.1. The number of nitrogens with zero attached hydrogens (tertiary/aromatic N) is 2. The minimum Gasteiger partial charge on any atom is -0.494 e. The Morgan fingerprint density at radius 2 is 1.74 bits per heavy atom. The lowest BCUT2D eigenvalue weighted by molar-refractivity contribution is 0.309. The van der Waals surface area contributed by atoms with Crippen LogP contribution >= 0.6 is 11.6 Å². The first kappa shape index (κ1) is 20.0. The van der Waals surface area contributed by atoms with Gasteiger partial charge in [-0.15, -0.1) is 0 Å². The summed E-state index contributed by atoms with van der Waals surface area (Å²) in [5, 5.41) is 0.684. The molecule has 1 heterocycles. The smallest absolute Gasteiger partial charge is 0.243 e. The first-order valence-electron chi connectivity index (χ1n) is 9.24. The summed E-state index contributed by atoms with van der Waals surface area (Å²) in [4.78, 5) is 2.46. The maximum absolute atomic E-state index is 12.9. The molecule has 7 heteroatoms. The molecule has 2 aromatic rings. The summed E-state index contributed by atoms with van der Waals surface area (Å²) in [6.07, 6.45) is 2.05. The number of ether oxygens (including phenoxy) is 1. The molecule has 0 amide bonds. The van der Waals surface area contributed by atoms with Crippen LogP contribution in [0.15, 0.2) is 53.4 Å². The molecule has 0 radical (unpaired) electrons. The highest BCUT2D eigenvalue weighted by Crippen LogP contribution is 2.24. The van der Waals surface area contributed by atoms with Gasteiger partial charge in [-0.05, 0) is 48.9 Å². The average Bonchev–Trinajstić information content (AvgIpc) is 2.69. The van der Waals surface area contributed by atoms with E-state index >= 15 is 0 Å². The third-order valence-electron chi connectivity index (χ3n) is 4.64. The minimum absolute atomic E-state index is 0.307. The molecule has 1 aliphatic rings. The quantitative estimate of drug-likeness (QED) is 0.649. The number of anilines is 1. The molecular formula is C20H25ClN2O3S. The Balaban J connectivity index is 1.62. The number of rotatable bonds is 7. The van der Waals surface area contributed by atoms with E-state index in [0.717, 1.165) is 18.5 Å². The molecule has 0 N–H and O–H groups in total. The van der Waals surface area contributed by atoms with E-state index in [9.17, 15) is 8.42 Å². The van der Waals surface area contributed by atoms with Crippen LogP contribution in [0.5, 0.6) is 5.75 Å². The predicted octanol–water partition coefficient (Wildman–Crippen LogP) is 4.03. The van der Waals surface area contributed by atoms with Crippen molar-refractivity contribution in [3.63, 3.8) is 0 Å². The van der Waals surface area contributed by atoms with Crippen LogP contribution in [0, 0.1) is 0 Å². The largest absolute Gasteiger partial charge is 0.494 e. The standard InChI is InChI=1S/C20H25ClN2O3S/c1-2-3-15-26-19-7-9-20(10-8-19)27(24,25)23-13-11-22(12-14-23)18-6-4-5-17(21)16-18/h4-10,16H,2-3,11-15H2,1H3. The van der Waals surface area contributed by atoms with Gasteiger partial charge in [0.25, 0.3) is 0 Å². The maximum atomic E-state index is 12.9. The van der Waals surface area contributed by atoms with Crippen LogP contribution in [-0.2, 0) is 10.0 Å². The average molecular weight is 409 g/mol. The maximum Gasteiger partial charge on any atom is 0.243 e. The molecule has 5 nitrogen and oxygen atoms in total. The van der Waals surface area contributed by atoms with Crippen LogP contribution in [0.25, 0.3) is 0 Å². The molecule has 1 aliphatic heterocycles. The fourth-order valence-electron chi connectivity index (χ4n) is 3.05. The number of piperazine rings is 1. The Bertz CT molecular complexity index is 848. The lowest BCUT2D eigenvalue weighted by atomic mass is 10.2. The minimum atomic E-state index is -3.49. The Labute approximate surface area is 166 Å². The van der Waals surface area contributed by atoms with Gasteiger partial charge in [0.15, 0.2) is 0 Å². The number of benzene rings is 2. The molecule has 0 bridgehead atoms. The molecule has 0 unspecified atom stereocenters. The van der Waals surface area contributed by atoms with Gasteiger partial charge >= 0.3 is 0 Å². The third-order valence-corrected chi connectivity index (χ3v) is 6.79. The molecule has 1 saturated heterocycles. The molecule has 0 spiro atoms. The third kappa shape index (κ3) is 4.94. The molecular weight excluding hydrogens is 384 g/mol. The van der Waals surface area contributed by atoms with E-state index < -0.39 is 10.0 Å². The van der Waals surface area contributed by atoms with Crippen molar-refractivity contribution in [1.29, 1.82) is 0 Å². The van der Waals surface area contributed by atoms with Crippen LogP contribution in [-0.4, -0.2) is 45.5 Å². The van der Waals surface area contributed by atoms with Gasteiger partial charge in [0, 0.05) is 36.9 Å². The molecule has 0 aliphatic carbocycles. The fraction of sp³-hybridized carbons (Fsp3) is 0.400. The Morgan fingerprint density at radius 1 is 1.04 bits per heavy atom. The molecule has 3 rings (SSSR count). The second kappa shape index (κ2) is 8.95. The van der Waals surface area contributed by atoms with Gasteiger partial charge < -0.3 is 9.64 Å². The Morgan fingerprint density at radius 3 is 2.37 bits per heavy atom. The summed E-state index contributed by atoms with van der Waals surface area (Å²) in [6, 6.07) is 14.3. The van der Waals surface area contributed by atoms with E-state index in [2.05, 4.69) is 11.8 Å². The topological polar surface area (TPSA) is 49.9 Å². The van der Waals surface area contributed by atoms with Crippen LogP contribution in [0.4, 0.5) is 5.69 Å². The van der Waals surface area contributed by atoms with E-state index in [0.29, 0.717) is 48.5 Å². The Kier molecular flexibility index (Phi) is 6.63. The molecule has 1 fully saturated rings. The Hall–Kier alpha value is -1.76. The van der Waals surface area contributed by atoms with Gasteiger partial charge in [-0.2, -0.15) is 4.31 Å². The molecule has 0 aromatic heterocycles. The highest BCUT2D eigenvalue weighted by atomic mass is 35.5. The van der Waals surface area contributed by atoms with Crippen molar-refractivity contribution < 1.29 is 13.2 Å². The normalized spacial score (nSPS) is 15.7. The summed E-state index contributed by atoms with van der Waals surface area (Å²) < 4.78 is 33.0. The lowest BCUT2D eigenvalue weighted by Crippen LogP contribution is -2.48. The van der Waals surface area contributed by atoms with E-state index in [4.69, 9.17) is 16.3 Å². The van der Waals surface area contributed by atoms with Gasteiger partial charge in [-0.1, -0.05) is 31.0 Å². The van der Waals surface area contributed by atoms with Crippen LogP contribution in [0.3, 0.4) is 0 Å².